The van der Waals surface area contributed by atoms with Gasteiger partial charge in [-0.2, -0.15) is 0 Å². The van der Waals surface area contributed by atoms with Crippen LogP contribution in [0.25, 0.3) is 11.0 Å². The summed E-state index contributed by atoms with van der Waals surface area (Å²) < 4.78 is 2.19. The zero-order valence-corrected chi connectivity index (χ0v) is 11.5. The highest BCUT2D eigenvalue weighted by Crippen LogP contribution is 2.28. The van der Waals surface area contributed by atoms with Crippen LogP contribution in [0.1, 0.15) is 31.1 Å². The molecule has 1 aliphatic rings. The SMILES string of the molecule is OCCCn1c(C2CCCN2)nc2ccc(Cl)cc21. The highest BCUT2D eigenvalue weighted by Gasteiger charge is 2.23. The first kappa shape index (κ1) is 12.9. The van der Waals surface area contributed by atoms with E-state index in [0.29, 0.717) is 6.04 Å². The maximum absolute atomic E-state index is 9.07. The average molecular weight is 280 g/mol. The van der Waals surface area contributed by atoms with Crippen molar-refractivity contribution in [2.45, 2.75) is 31.8 Å². The first-order valence-corrected chi connectivity index (χ1v) is 7.17. The monoisotopic (exact) mass is 279 g/mol. The van der Waals surface area contributed by atoms with Gasteiger partial charge in [-0.15, -0.1) is 0 Å². The van der Waals surface area contributed by atoms with Crippen molar-refractivity contribution in [2.75, 3.05) is 13.2 Å². The third-order valence-corrected chi connectivity index (χ3v) is 3.89. The van der Waals surface area contributed by atoms with Crippen LogP contribution in [-0.4, -0.2) is 27.8 Å². The van der Waals surface area contributed by atoms with Gasteiger partial charge in [0, 0.05) is 18.2 Å². The van der Waals surface area contributed by atoms with Gasteiger partial charge in [-0.1, -0.05) is 11.6 Å². The molecular formula is C14H18ClN3O. The van der Waals surface area contributed by atoms with Crippen molar-refractivity contribution in [1.82, 2.24) is 14.9 Å². The zero-order valence-electron chi connectivity index (χ0n) is 10.8. The van der Waals surface area contributed by atoms with Crippen molar-refractivity contribution >= 4 is 22.6 Å². The van der Waals surface area contributed by atoms with Gasteiger partial charge >= 0.3 is 0 Å². The number of aryl methyl sites for hydroxylation is 1. The van der Waals surface area contributed by atoms with E-state index in [1.807, 2.05) is 18.2 Å². The largest absolute Gasteiger partial charge is 0.396 e. The minimum absolute atomic E-state index is 0.192. The molecule has 102 valence electrons. The van der Waals surface area contributed by atoms with E-state index in [0.717, 1.165) is 47.8 Å². The Bertz CT molecular complexity index is 575. The number of halogens is 1. The smallest absolute Gasteiger partial charge is 0.127 e. The molecule has 0 spiro atoms. The van der Waals surface area contributed by atoms with E-state index < -0.39 is 0 Å². The molecule has 1 aromatic heterocycles. The quantitative estimate of drug-likeness (QED) is 0.904. The number of benzene rings is 1. The summed E-state index contributed by atoms with van der Waals surface area (Å²) in [5.74, 6) is 1.07. The summed E-state index contributed by atoms with van der Waals surface area (Å²) >= 11 is 6.09. The molecule has 0 saturated carbocycles. The number of imidazole rings is 1. The van der Waals surface area contributed by atoms with Gasteiger partial charge in [-0.25, -0.2) is 4.98 Å². The fourth-order valence-corrected chi connectivity index (χ4v) is 2.92. The molecular weight excluding hydrogens is 262 g/mol. The van der Waals surface area contributed by atoms with Crippen molar-refractivity contribution in [3.05, 3.63) is 29.0 Å². The molecule has 19 heavy (non-hydrogen) atoms. The summed E-state index contributed by atoms with van der Waals surface area (Å²) in [6.07, 6.45) is 3.04. The molecule has 4 nitrogen and oxygen atoms in total. The standard InChI is InChI=1S/C14H18ClN3O/c15-10-4-5-11-13(9-10)18(7-2-8-19)14(17-11)12-3-1-6-16-12/h4-5,9,12,16,19H,1-3,6-8H2. The van der Waals surface area contributed by atoms with Gasteiger partial charge in [0.2, 0.25) is 0 Å². The van der Waals surface area contributed by atoms with E-state index in [4.69, 9.17) is 21.7 Å². The first-order valence-electron chi connectivity index (χ1n) is 6.79. The molecule has 0 bridgehead atoms. The Morgan fingerprint density at radius 2 is 2.37 bits per heavy atom. The van der Waals surface area contributed by atoms with E-state index in [1.165, 1.54) is 6.42 Å². The molecule has 2 heterocycles. The molecule has 1 aromatic carbocycles. The molecule has 1 atom stereocenters. The van der Waals surface area contributed by atoms with Crippen molar-refractivity contribution < 1.29 is 5.11 Å². The Balaban J connectivity index is 2.07. The lowest BCUT2D eigenvalue weighted by molar-refractivity contribution is 0.279. The van der Waals surface area contributed by atoms with Crippen molar-refractivity contribution in [2.24, 2.45) is 0 Å². The van der Waals surface area contributed by atoms with Crippen molar-refractivity contribution in [1.29, 1.82) is 0 Å². The second-order valence-electron chi connectivity index (χ2n) is 4.98. The number of nitrogens with zero attached hydrogens (tertiary/aromatic N) is 2. The van der Waals surface area contributed by atoms with Crippen LogP contribution in [0.3, 0.4) is 0 Å². The molecule has 1 fully saturated rings. The van der Waals surface area contributed by atoms with E-state index in [9.17, 15) is 0 Å². The third-order valence-electron chi connectivity index (χ3n) is 3.65. The average Bonchev–Trinajstić information content (AvgIpc) is 3.03. The number of aliphatic hydroxyl groups is 1. The second-order valence-corrected chi connectivity index (χ2v) is 5.42. The summed E-state index contributed by atoms with van der Waals surface area (Å²) in [5.41, 5.74) is 2.04. The Labute approximate surface area is 117 Å². The molecule has 5 heteroatoms. The van der Waals surface area contributed by atoms with E-state index in [-0.39, 0.29) is 6.61 Å². The van der Waals surface area contributed by atoms with Gasteiger partial charge in [0.15, 0.2) is 0 Å². The second kappa shape index (κ2) is 5.49. The summed E-state index contributed by atoms with van der Waals surface area (Å²) in [6.45, 7) is 2.02. The van der Waals surface area contributed by atoms with E-state index >= 15 is 0 Å². The van der Waals surface area contributed by atoms with Crippen LogP contribution >= 0.6 is 11.6 Å². The first-order chi connectivity index (χ1) is 9.29. The molecule has 2 N–H and O–H groups in total. The normalized spacial score (nSPS) is 19.4. The van der Waals surface area contributed by atoms with Crippen LogP contribution < -0.4 is 5.32 Å². The molecule has 1 aliphatic heterocycles. The predicted molar refractivity (Wildman–Crippen MR) is 76.4 cm³/mol. The minimum atomic E-state index is 0.192. The molecule has 0 radical (unpaired) electrons. The highest BCUT2D eigenvalue weighted by molar-refractivity contribution is 6.31. The summed E-state index contributed by atoms with van der Waals surface area (Å²) in [7, 11) is 0. The van der Waals surface area contributed by atoms with Crippen LogP contribution in [0, 0.1) is 0 Å². The van der Waals surface area contributed by atoms with Gasteiger partial charge in [-0.3, -0.25) is 0 Å². The van der Waals surface area contributed by atoms with Gasteiger partial charge < -0.3 is 15.0 Å². The summed E-state index contributed by atoms with van der Waals surface area (Å²) in [5, 5.41) is 13.3. The molecule has 2 aromatic rings. The minimum Gasteiger partial charge on any atom is -0.396 e. The van der Waals surface area contributed by atoms with Gasteiger partial charge in [0.25, 0.3) is 0 Å². The van der Waals surface area contributed by atoms with E-state index in [2.05, 4.69) is 9.88 Å². The predicted octanol–water partition coefficient (Wildman–Crippen LogP) is 2.50. The number of rotatable bonds is 4. The maximum Gasteiger partial charge on any atom is 0.127 e. The fraction of sp³-hybridized carbons (Fsp3) is 0.500. The van der Waals surface area contributed by atoms with Crippen molar-refractivity contribution in [3.8, 4) is 0 Å². The van der Waals surface area contributed by atoms with Crippen molar-refractivity contribution in [3.63, 3.8) is 0 Å². The van der Waals surface area contributed by atoms with Gasteiger partial charge in [0.1, 0.15) is 5.82 Å². The summed E-state index contributed by atoms with van der Waals surface area (Å²) in [4.78, 5) is 4.75. The Hall–Kier alpha value is -1.10. The number of aromatic nitrogens is 2. The highest BCUT2D eigenvalue weighted by atomic mass is 35.5. The summed E-state index contributed by atoms with van der Waals surface area (Å²) in [6, 6.07) is 6.12. The lowest BCUT2D eigenvalue weighted by Gasteiger charge is -2.13. The van der Waals surface area contributed by atoms with Crippen LogP contribution in [0.5, 0.6) is 0 Å². The Kier molecular flexibility index (Phi) is 3.73. The molecule has 1 unspecified atom stereocenters. The molecule has 1 saturated heterocycles. The van der Waals surface area contributed by atoms with Gasteiger partial charge in [-0.05, 0) is 44.0 Å². The van der Waals surface area contributed by atoms with Crippen LogP contribution in [0.4, 0.5) is 0 Å². The lowest BCUT2D eigenvalue weighted by Crippen LogP contribution is -2.18. The fourth-order valence-electron chi connectivity index (χ4n) is 2.75. The number of hydrogen-bond acceptors (Lipinski definition) is 3. The number of fused-ring (bicyclic) bond motifs is 1. The molecule has 0 aliphatic carbocycles. The lowest BCUT2D eigenvalue weighted by atomic mass is 10.2. The molecule has 0 amide bonds. The zero-order chi connectivity index (χ0) is 13.2. The number of aliphatic hydroxyl groups excluding tert-OH is 1. The maximum atomic E-state index is 9.07. The topological polar surface area (TPSA) is 50.1 Å². The molecule has 3 rings (SSSR count). The Morgan fingerprint density at radius 3 is 3.11 bits per heavy atom. The van der Waals surface area contributed by atoms with Gasteiger partial charge in [0.05, 0.1) is 17.1 Å². The third kappa shape index (κ3) is 2.48. The van der Waals surface area contributed by atoms with Crippen LogP contribution in [-0.2, 0) is 6.54 Å². The van der Waals surface area contributed by atoms with Crippen LogP contribution in [0.15, 0.2) is 18.2 Å². The van der Waals surface area contributed by atoms with E-state index in [1.54, 1.807) is 0 Å². The number of nitrogens with one attached hydrogen (secondary N) is 1. The Morgan fingerprint density at radius 1 is 1.47 bits per heavy atom. The van der Waals surface area contributed by atoms with Crippen LogP contribution in [0.2, 0.25) is 5.02 Å². The number of hydrogen-bond donors (Lipinski definition) is 2.